The highest BCUT2D eigenvalue weighted by Crippen LogP contribution is 2.43. The normalized spacial score (nSPS) is 30.5. The molecule has 0 saturated carbocycles. The summed E-state index contributed by atoms with van der Waals surface area (Å²) in [6, 6.07) is 8.65. The Bertz CT molecular complexity index is 1480. The molecule has 3 aliphatic heterocycles. The van der Waals surface area contributed by atoms with Crippen molar-refractivity contribution in [2.45, 2.75) is 184 Å². The molecule has 1 aromatic rings. The van der Waals surface area contributed by atoms with Crippen molar-refractivity contribution in [3.05, 3.63) is 42.5 Å². The van der Waals surface area contributed by atoms with Crippen LogP contribution in [-0.2, 0) is 42.4 Å². The lowest BCUT2D eigenvalue weighted by Gasteiger charge is -2.42. The molecule has 0 spiro atoms. The van der Waals surface area contributed by atoms with E-state index in [1.165, 1.54) is 0 Å². The van der Waals surface area contributed by atoms with Crippen molar-refractivity contribution in [3.63, 3.8) is 0 Å². The van der Waals surface area contributed by atoms with Gasteiger partial charge in [0.15, 0.2) is 32.3 Å². The van der Waals surface area contributed by atoms with E-state index in [9.17, 15) is 8.42 Å². The fraction of sp³-hybridized carbons (Fsp3) is 0.810. The SMILES string of the molecule is C=C1C(C[C@@H]2O[C@H](CC3COC(C)(C)O3)[C@H](OC)C2CS(=O)(=O)c2ccccc2)O[C@@H](CC[C@@H](CO[Si](C)(C)C(C)(C)C)O[Si](C)(C)C(C)(C)C)C[C@H]1C. The Hall–Kier alpha value is -0.936. The number of ether oxygens (including phenoxy) is 5. The Labute approximate surface area is 330 Å². The number of hydrogen-bond acceptors (Lipinski definition) is 9. The summed E-state index contributed by atoms with van der Waals surface area (Å²) in [4.78, 5) is 0.301. The van der Waals surface area contributed by atoms with Crippen molar-refractivity contribution in [3.8, 4) is 0 Å². The third-order valence-electron chi connectivity index (χ3n) is 12.9. The van der Waals surface area contributed by atoms with Crippen LogP contribution >= 0.6 is 0 Å². The molecule has 54 heavy (non-hydrogen) atoms. The Morgan fingerprint density at radius 3 is 2.11 bits per heavy atom. The Morgan fingerprint density at radius 1 is 0.926 bits per heavy atom. The Morgan fingerprint density at radius 2 is 1.56 bits per heavy atom. The molecule has 3 fully saturated rings. The molecule has 0 aromatic heterocycles. The van der Waals surface area contributed by atoms with Crippen LogP contribution in [0.5, 0.6) is 0 Å². The molecule has 0 bridgehead atoms. The summed E-state index contributed by atoms with van der Waals surface area (Å²) in [5, 5.41) is 0.192. The van der Waals surface area contributed by atoms with Gasteiger partial charge in [0.1, 0.15) is 0 Å². The molecule has 310 valence electrons. The molecular formula is C42H74O9SSi2. The summed E-state index contributed by atoms with van der Waals surface area (Å²) in [6.07, 6.45) is 1.87. The molecule has 0 amide bonds. The summed E-state index contributed by atoms with van der Waals surface area (Å²) in [7, 11) is -6.03. The summed E-state index contributed by atoms with van der Waals surface area (Å²) in [5.41, 5.74) is 1.03. The van der Waals surface area contributed by atoms with Crippen LogP contribution in [0.3, 0.4) is 0 Å². The van der Waals surface area contributed by atoms with Crippen molar-refractivity contribution < 1.29 is 41.0 Å². The van der Waals surface area contributed by atoms with Crippen molar-refractivity contribution in [1.29, 1.82) is 0 Å². The summed E-state index contributed by atoms with van der Waals surface area (Å²) in [5.74, 6) is -0.943. The highest BCUT2D eigenvalue weighted by Gasteiger charge is 2.50. The van der Waals surface area contributed by atoms with Crippen LogP contribution in [0.2, 0.25) is 36.3 Å². The fourth-order valence-corrected chi connectivity index (χ4v) is 11.5. The van der Waals surface area contributed by atoms with Crippen LogP contribution in [0.1, 0.15) is 94.4 Å². The van der Waals surface area contributed by atoms with Gasteiger partial charge in [-0.3, -0.25) is 0 Å². The van der Waals surface area contributed by atoms with E-state index in [1.807, 2.05) is 19.9 Å². The molecule has 12 heteroatoms. The first kappa shape index (κ1) is 45.8. The van der Waals surface area contributed by atoms with E-state index in [1.54, 1.807) is 31.4 Å². The molecule has 1 aromatic carbocycles. The van der Waals surface area contributed by atoms with Crippen molar-refractivity contribution in [2.24, 2.45) is 11.8 Å². The highest BCUT2D eigenvalue weighted by atomic mass is 32.2. The lowest BCUT2D eigenvalue weighted by atomic mass is 9.83. The smallest absolute Gasteiger partial charge is 0.192 e. The Balaban J connectivity index is 1.53. The van der Waals surface area contributed by atoms with Gasteiger partial charge in [-0.1, -0.05) is 73.2 Å². The zero-order chi connectivity index (χ0) is 40.5. The molecule has 3 unspecified atom stereocenters. The molecule has 0 N–H and O–H groups in total. The molecule has 3 heterocycles. The van der Waals surface area contributed by atoms with Gasteiger partial charge in [0.25, 0.3) is 0 Å². The standard InChI is InChI=1S/C42H74O9SSi2/c1-29-23-31(21-22-32(51-54(14,15)41(6,7)8)27-47-53(12,13)40(3,4)5)48-36(30(29)2)25-37-35(28-52(43,44)34-19-17-16-18-20-34)39(45-11)38(49-37)24-33-26-46-42(9,10)50-33/h16-20,29,31-33,35-39H,2,21-28H2,1,3-15H3/t29-,31+,32+,33?,35?,36?,37+,38-,39-/m1/s1. The van der Waals surface area contributed by atoms with Crippen LogP contribution in [0.25, 0.3) is 0 Å². The average molecular weight is 811 g/mol. The van der Waals surface area contributed by atoms with E-state index in [-0.39, 0.29) is 52.3 Å². The third kappa shape index (κ3) is 11.6. The monoisotopic (exact) mass is 810 g/mol. The first-order valence-electron chi connectivity index (χ1n) is 20.2. The van der Waals surface area contributed by atoms with Gasteiger partial charge >= 0.3 is 0 Å². The van der Waals surface area contributed by atoms with Crippen LogP contribution in [0.15, 0.2) is 47.4 Å². The molecule has 4 rings (SSSR count). The molecule has 0 aliphatic carbocycles. The summed E-state index contributed by atoms with van der Waals surface area (Å²) < 4.78 is 73.3. The van der Waals surface area contributed by atoms with E-state index in [4.69, 9.17) is 32.5 Å². The molecule has 9 atom stereocenters. The van der Waals surface area contributed by atoms with Gasteiger partial charge in [-0.25, -0.2) is 8.42 Å². The molecule has 0 radical (unpaired) electrons. The average Bonchev–Trinajstić information content (AvgIpc) is 3.56. The first-order valence-corrected chi connectivity index (χ1v) is 27.7. The van der Waals surface area contributed by atoms with Crippen LogP contribution in [0, 0.1) is 11.8 Å². The second-order valence-electron chi connectivity index (χ2n) is 19.7. The predicted octanol–water partition coefficient (Wildman–Crippen LogP) is 9.33. The molecular weight excluding hydrogens is 737 g/mol. The fourth-order valence-electron chi connectivity index (χ4n) is 7.46. The maximum absolute atomic E-state index is 13.9. The number of rotatable bonds is 16. The second-order valence-corrected chi connectivity index (χ2v) is 31.3. The zero-order valence-electron chi connectivity index (χ0n) is 36.0. The lowest BCUT2D eigenvalue weighted by Crippen LogP contribution is -2.48. The number of methoxy groups -OCH3 is 1. The molecule has 3 saturated heterocycles. The van der Waals surface area contributed by atoms with Crippen LogP contribution in [-0.4, -0.2) is 99.6 Å². The van der Waals surface area contributed by atoms with Crippen LogP contribution in [0.4, 0.5) is 0 Å². The minimum Gasteiger partial charge on any atom is -0.414 e. The van der Waals surface area contributed by atoms with Gasteiger partial charge in [-0.05, 0) is 93.0 Å². The van der Waals surface area contributed by atoms with Gasteiger partial charge in [-0.2, -0.15) is 0 Å². The maximum atomic E-state index is 13.9. The van der Waals surface area contributed by atoms with Gasteiger partial charge in [0, 0.05) is 25.9 Å². The van der Waals surface area contributed by atoms with E-state index in [2.05, 4.69) is 81.2 Å². The topological polar surface area (TPSA) is 98.8 Å². The number of hydrogen-bond donors (Lipinski definition) is 0. The minimum absolute atomic E-state index is 0.00193. The van der Waals surface area contributed by atoms with E-state index < -0.39 is 50.4 Å². The maximum Gasteiger partial charge on any atom is 0.192 e. The number of benzene rings is 1. The largest absolute Gasteiger partial charge is 0.414 e. The third-order valence-corrected chi connectivity index (χ3v) is 23.8. The van der Waals surface area contributed by atoms with Crippen LogP contribution < -0.4 is 0 Å². The van der Waals surface area contributed by atoms with E-state index >= 15 is 0 Å². The summed E-state index contributed by atoms with van der Waals surface area (Å²) in [6.45, 7) is 34.5. The minimum atomic E-state index is -3.63. The number of sulfone groups is 1. The molecule has 9 nitrogen and oxygen atoms in total. The zero-order valence-corrected chi connectivity index (χ0v) is 38.8. The predicted molar refractivity (Wildman–Crippen MR) is 222 cm³/mol. The van der Waals surface area contributed by atoms with Crippen molar-refractivity contribution in [2.75, 3.05) is 26.1 Å². The highest BCUT2D eigenvalue weighted by molar-refractivity contribution is 7.91. The Kier molecular flexibility index (Phi) is 14.8. The molecule has 3 aliphatic rings. The van der Waals surface area contributed by atoms with Crippen molar-refractivity contribution in [1.82, 2.24) is 0 Å². The quantitative estimate of drug-likeness (QED) is 0.120. The van der Waals surface area contributed by atoms with Gasteiger partial charge in [-0.15, -0.1) is 0 Å². The van der Waals surface area contributed by atoms with E-state index in [0.717, 1.165) is 24.8 Å². The second kappa shape index (κ2) is 17.5. The lowest BCUT2D eigenvalue weighted by molar-refractivity contribution is -0.144. The summed E-state index contributed by atoms with van der Waals surface area (Å²) >= 11 is 0. The first-order chi connectivity index (χ1) is 24.7. The van der Waals surface area contributed by atoms with Gasteiger partial charge < -0.3 is 32.5 Å². The van der Waals surface area contributed by atoms with Crippen molar-refractivity contribution >= 4 is 26.5 Å². The van der Waals surface area contributed by atoms with E-state index in [0.29, 0.717) is 31.0 Å². The van der Waals surface area contributed by atoms with Gasteiger partial charge in [0.2, 0.25) is 0 Å². The van der Waals surface area contributed by atoms with Gasteiger partial charge in [0.05, 0.1) is 66.6 Å².